The van der Waals surface area contributed by atoms with Gasteiger partial charge in [-0.2, -0.15) is 11.8 Å². The largest absolute Gasteiger partial charge is 0.349 e. The molecule has 1 saturated heterocycles. The molecule has 0 bridgehead atoms. The Kier molecular flexibility index (Phi) is 6.96. The summed E-state index contributed by atoms with van der Waals surface area (Å²) in [5.41, 5.74) is 1.27. The zero-order valence-corrected chi connectivity index (χ0v) is 14.8. The molecule has 2 rings (SSSR count). The summed E-state index contributed by atoms with van der Waals surface area (Å²) in [7, 11) is 3.57. The standard InChI is InChI=1S/C18H26N2O2S/c1-19(2)17(21)10-12-23-14-16(20-11-6-9-18(20)22)13-15-7-4-3-5-8-15/h3-5,7-8,16H,6,9-14H2,1-2H3. The van der Waals surface area contributed by atoms with Crippen molar-refractivity contribution in [2.24, 2.45) is 0 Å². The van der Waals surface area contributed by atoms with Crippen LogP contribution in [0.4, 0.5) is 0 Å². The Hall–Kier alpha value is -1.49. The van der Waals surface area contributed by atoms with Crippen molar-refractivity contribution in [1.29, 1.82) is 0 Å². The Morgan fingerprint density at radius 2 is 2.04 bits per heavy atom. The first-order valence-corrected chi connectivity index (χ1v) is 9.34. The predicted molar refractivity (Wildman–Crippen MR) is 95.5 cm³/mol. The summed E-state index contributed by atoms with van der Waals surface area (Å²) in [6.45, 7) is 0.869. The Labute approximate surface area is 143 Å². The monoisotopic (exact) mass is 334 g/mol. The number of nitrogens with zero attached hydrogens (tertiary/aromatic N) is 2. The van der Waals surface area contributed by atoms with Crippen molar-refractivity contribution in [1.82, 2.24) is 9.80 Å². The second-order valence-corrected chi connectivity index (χ2v) is 7.30. The van der Waals surface area contributed by atoms with Gasteiger partial charge in [0.25, 0.3) is 0 Å². The lowest BCUT2D eigenvalue weighted by molar-refractivity contribution is -0.129. The molecule has 0 N–H and O–H groups in total. The highest BCUT2D eigenvalue weighted by atomic mass is 32.2. The molecule has 1 aromatic carbocycles. The molecule has 1 aromatic rings. The van der Waals surface area contributed by atoms with Crippen LogP contribution in [0, 0.1) is 0 Å². The second-order valence-electron chi connectivity index (χ2n) is 6.15. The van der Waals surface area contributed by atoms with Crippen molar-refractivity contribution >= 4 is 23.6 Å². The van der Waals surface area contributed by atoms with E-state index in [9.17, 15) is 9.59 Å². The number of rotatable bonds is 8. The van der Waals surface area contributed by atoms with Crippen molar-refractivity contribution in [2.45, 2.75) is 31.7 Å². The summed E-state index contributed by atoms with van der Waals surface area (Å²) in [6, 6.07) is 10.6. The SMILES string of the molecule is CN(C)C(=O)CCSCC(Cc1ccccc1)N1CCCC1=O. The molecule has 0 aromatic heterocycles. The molecular formula is C18H26N2O2S. The van der Waals surface area contributed by atoms with E-state index in [0.29, 0.717) is 12.8 Å². The van der Waals surface area contributed by atoms with E-state index in [4.69, 9.17) is 0 Å². The maximum atomic E-state index is 12.1. The van der Waals surface area contributed by atoms with Gasteiger partial charge < -0.3 is 9.80 Å². The van der Waals surface area contributed by atoms with Crippen LogP contribution in [0.5, 0.6) is 0 Å². The molecule has 2 amide bonds. The Morgan fingerprint density at radius 1 is 1.30 bits per heavy atom. The zero-order chi connectivity index (χ0) is 16.7. The first-order valence-electron chi connectivity index (χ1n) is 8.19. The van der Waals surface area contributed by atoms with Crippen LogP contribution in [0.25, 0.3) is 0 Å². The number of thioether (sulfide) groups is 1. The average Bonchev–Trinajstić information content (AvgIpc) is 2.97. The molecule has 1 heterocycles. The van der Waals surface area contributed by atoms with Crippen molar-refractivity contribution in [3.8, 4) is 0 Å². The first-order chi connectivity index (χ1) is 11.1. The first kappa shape index (κ1) is 17.9. The van der Waals surface area contributed by atoms with Gasteiger partial charge in [-0.05, 0) is 18.4 Å². The van der Waals surface area contributed by atoms with Crippen LogP contribution in [-0.4, -0.2) is 59.8 Å². The van der Waals surface area contributed by atoms with Crippen LogP contribution in [0.1, 0.15) is 24.8 Å². The van der Waals surface area contributed by atoms with Crippen LogP contribution in [0.15, 0.2) is 30.3 Å². The third-order valence-electron chi connectivity index (χ3n) is 4.13. The fraction of sp³-hybridized carbons (Fsp3) is 0.556. The molecule has 1 aliphatic heterocycles. The molecule has 5 heteroatoms. The van der Waals surface area contributed by atoms with E-state index < -0.39 is 0 Å². The second kappa shape index (κ2) is 8.96. The van der Waals surface area contributed by atoms with Crippen LogP contribution >= 0.6 is 11.8 Å². The number of hydrogen-bond acceptors (Lipinski definition) is 3. The summed E-state index contributed by atoms with van der Waals surface area (Å²) in [6.07, 6.45) is 3.09. The van der Waals surface area contributed by atoms with E-state index in [1.165, 1.54) is 5.56 Å². The minimum absolute atomic E-state index is 0.161. The van der Waals surface area contributed by atoms with Crippen LogP contribution in [0.3, 0.4) is 0 Å². The van der Waals surface area contributed by atoms with Crippen molar-refractivity contribution in [2.75, 3.05) is 32.1 Å². The van der Waals surface area contributed by atoms with E-state index in [1.54, 1.807) is 30.8 Å². The summed E-state index contributed by atoms with van der Waals surface area (Å²) in [5.74, 6) is 2.14. The van der Waals surface area contributed by atoms with E-state index >= 15 is 0 Å². The Bertz CT molecular complexity index is 519. The molecule has 1 unspecified atom stereocenters. The van der Waals surface area contributed by atoms with E-state index in [-0.39, 0.29) is 17.9 Å². The molecule has 0 saturated carbocycles. The molecule has 23 heavy (non-hydrogen) atoms. The predicted octanol–water partition coefficient (Wildman–Crippen LogP) is 2.43. The van der Waals surface area contributed by atoms with Gasteiger partial charge in [0.1, 0.15) is 0 Å². The van der Waals surface area contributed by atoms with E-state index in [1.807, 2.05) is 23.1 Å². The molecule has 0 aliphatic carbocycles. The van der Waals surface area contributed by atoms with Crippen LogP contribution < -0.4 is 0 Å². The van der Waals surface area contributed by atoms with Crippen LogP contribution in [-0.2, 0) is 16.0 Å². The summed E-state index contributed by atoms with van der Waals surface area (Å²) >= 11 is 1.77. The van der Waals surface area contributed by atoms with E-state index in [0.717, 1.165) is 30.9 Å². The smallest absolute Gasteiger partial charge is 0.222 e. The number of likely N-dealkylation sites (tertiary alicyclic amines) is 1. The van der Waals surface area contributed by atoms with Crippen molar-refractivity contribution in [3.05, 3.63) is 35.9 Å². The molecule has 0 spiro atoms. The summed E-state index contributed by atoms with van der Waals surface area (Å²) in [4.78, 5) is 27.4. The fourth-order valence-electron chi connectivity index (χ4n) is 2.80. The molecule has 1 fully saturated rings. The molecule has 4 nitrogen and oxygen atoms in total. The van der Waals surface area contributed by atoms with Gasteiger partial charge in [-0.3, -0.25) is 9.59 Å². The molecule has 1 atom stereocenters. The maximum Gasteiger partial charge on any atom is 0.222 e. The third kappa shape index (κ3) is 5.57. The number of amides is 2. The molecule has 0 radical (unpaired) electrons. The number of carbonyl (C=O) groups is 2. The molecule has 126 valence electrons. The number of hydrogen-bond donors (Lipinski definition) is 0. The maximum absolute atomic E-state index is 12.1. The Morgan fingerprint density at radius 3 is 2.65 bits per heavy atom. The Balaban J connectivity index is 1.89. The summed E-state index contributed by atoms with van der Waals surface area (Å²) < 4.78 is 0. The van der Waals surface area contributed by atoms with Crippen LogP contribution in [0.2, 0.25) is 0 Å². The molecular weight excluding hydrogens is 308 g/mol. The highest BCUT2D eigenvalue weighted by Crippen LogP contribution is 2.21. The van der Waals surface area contributed by atoms with E-state index in [2.05, 4.69) is 12.1 Å². The average molecular weight is 334 g/mol. The lowest BCUT2D eigenvalue weighted by Gasteiger charge is -2.28. The lowest BCUT2D eigenvalue weighted by Crippen LogP contribution is -2.39. The van der Waals surface area contributed by atoms with Gasteiger partial charge in [0.2, 0.25) is 11.8 Å². The van der Waals surface area contributed by atoms with Crippen molar-refractivity contribution < 1.29 is 9.59 Å². The van der Waals surface area contributed by atoms with Gasteiger partial charge in [-0.15, -0.1) is 0 Å². The van der Waals surface area contributed by atoms with Gasteiger partial charge in [-0.25, -0.2) is 0 Å². The quantitative estimate of drug-likeness (QED) is 0.686. The zero-order valence-electron chi connectivity index (χ0n) is 14.0. The minimum atomic E-state index is 0.161. The number of carbonyl (C=O) groups excluding carboxylic acids is 2. The normalized spacial score (nSPS) is 15.7. The van der Waals surface area contributed by atoms with Crippen molar-refractivity contribution in [3.63, 3.8) is 0 Å². The summed E-state index contributed by atoms with van der Waals surface area (Å²) in [5, 5.41) is 0. The molecule has 1 aliphatic rings. The number of benzene rings is 1. The highest BCUT2D eigenvalue weighted by Gasteiger charge is 2.27. The van der Waals surface area contributed by atoms with Gasteiger partial charge in [0, 0.05) is 51.0 Å². The van der Waals surface area contributed by atoms with Gasteiger partial charge in [0.15, 0.2) is 0 Å². The lowest BCUT2D eigenvalue weighted by atomic mass is 10.1. The highest BCUT2D eigenvalue weighted by molar-refractivity contribution is 7.99. The van der Waals surface area contributed by atoms with Gasteiger partial charge in [0.05, 0.1) is 0 Å². The topological polar surface area (TPSA) is 40.6 Å². The fourth-order valence-corrected chi connectivity index (χ4v) is 3.86. The van der Waals surface area contributed by atoms with Gasteiger partial charge >= 0.3 is 0 Å². The third-order valence-corrected chi connectivity index (χ3v) is 5.25. The minimum Gasteiger partial charge on any atom is -0.349 e. The van der Waals surface area contributed by atoms with Gasteiger partial charge in [-0.1, -0.05) is 30.3 Å².